The number of aryl methyl sites for hydroxylation is 1. The minimum atomic E-state index is -0.261. The third-order valence-corrected chi connectivity index (χ3v) is 3.74. The van der Waals surface area contributed by atoms with Crippen LogP contribution < -0.4 is 5.32 Å². The molecule has 3 heterocycles. The van der Waals surface area contributed by atoms with Gasteiger partial charge in [0.25, 0.3) is 0 Å². The van der Waals surface area contributed by atoms with Crippen LogP contribution in [0.4, 0.5) is 5.95 Å². The van der Waals surface area contributed by atoms with Crippen LogP contribution in [0.25, 0.3) is 0 Å². The van der Waals surface area contributed by atoms with E-state index in [-0.39, 0.29) is 12.0 Å². The molecule has 1 fully saturated rings. The Morgan fingerprint density at radius 3 is 3.04 bits per heavy atom. The van der Waals surface area contributed by atoms with E-state index < -0.39 is 0 Å². The Hall–Kier alpha value is -2.55. The van der Waals surface area contributed by atoms with Gasteiger partial charge in [0, 0.05) is 31.9 Å². The fourth-order valence-corrected chi connectivity index (χ4v) is 2.52. The Balaban J connectivity index is 1.43. The van der Waals surface area contributed by atoms with Gasteiger partial charge < -0.3 is 15.0 Å². The molecule has 2 N–H and O–H groups in total. The van der Waals surface area contributed by atoms with Crippen molar-refractivity contribution in [2.24, 2.45) is 0 Å². The number of hydrogen-bond acceptors (Lipinski definition) is 7. The van der Waals surface area contributed by atoms with Crippen molar-refractivity contribution >= 4 is 11.9 Å². The number of amides is 1. The van der Waals surface area contributed by atoms with Crippen LogP contribution in [0.5, 0.6) is 0 Å². The van der Waals surface area contributed by atoms with Gasteiger partial charge in [-0.25, -0.2) is 15.0 Å². The third-order valence-electron chi connectivity index (χ3n) is 3.74. The summed E-state index contributed by atoms with van der Waals surface area (Å²) < 4.78 is 5.67. The Kier molecular flexibility index (Phi) is 5.32. The van der Waals surface area contributed by atoms with E-state index in [0.29, 0.717) is 44.4 Å². The summed E-state index contributed by atoms with van der Waals surface area (Å²) in [7, 11) is 0. The molecule has 0 saturated carbocycles. The van der Waals surface area contributed by atoms with E-state index in [1.807, 2.05) is 11.8 Å². The highest BCUT2D eigenvalue weighted by Gasteiger charge is 2.27. The second kappa shape index (κ2) is 7.82. The maximum atomic E-state index is 12.4. The quantitative estimate of drug-likeness (QED) is 0.750. The topological polar surface area (TPSA) is 109 Å². The number of morpholine rings is 1. The minimum Gasteiger partial charge on any atom is -0.366 e. The first-order valence-corrected chi connectivity index (χ1v) is 8.01. The first-order valence-electron chi connectivity index (χ1n) is 8.01. The average Bonchev–Trinajstić information content (AvgIpc) is 3.06. The van der Waals surface area contributed by atoms with E-state index in [2.05, 4.69) is 30.5 Å². The number of nitrogens with one attached hydrogen (secondary N) is 2. The second-order valence-electron chi connectivity index (χ2n) is 5.58. The lowest BCUT2D eigenvalue weighted by Gasteiger charge is -2.31. The molecule has 0 aromatic carbocycles. The Labute approximate surface area is 139 Å². The molecule has 0 unspecified atom stereocenters. The van der Waals surface area contributed by atoms with Gasteiger partial charge in [-0.05, 0) is 19.4 Å². The van der Waals surface area contributed by atoms with Crippen molar-refractivity contribution in [1.82, 2.24) is 30.0 Å². The summed E-state index contributed by atoms with van der Waals surface area (Å²) in [5.74, 6) is 2.04. The Morgan fingerprint density at radius 2 is 2.29 bits per heavy atom. The number of aromatic nitrogens is 5. The fraction of sp³-hybridized carbons (Fsp3) is 0.533. The lowest BCUT2D eigenvalue weighted by Crippen LogP contribution is -2.42. The van der Waals surface area contributed by atoms with E-state index in [1.165, 1.54) is 0 Å². The van der Waals surface area contributed by atoms with E-state index in [9.17, 15) is 4.79 Å². The van der Waals surface area contributed by atoms with E-state index in [1.54, 1.807) is 18.5 Å². The maximum absolute atomic E-state index is 12.4. The van der Waals surface area contributed by atoms with Gasteiger partial charge in [0.2, 0.25) is 11.9 Å². The minimum absolute atomic E-state index is 0.117. The number of carbonyl (C=O) groups excluding carboxylic acids is 1. The van der Waals surface area contributed by atoms with E-state index >= 15 is 0 Å². The molecular formula is C15H21N7O2. The first-order chi connectivity index (χ1) is 11.7. The van der Waals surface area contributed by atoms with Gasteiger partial charge in [0.05, 0.1) is 13.2 Å². The maximum Gasteiger partial charge on any atom is 0.222 e. The van der Waals surface area contributed by atoms with Crippen LogP contribution in [-0.2, 0) is 9.53 Å². The molecule has 0 aliphatic carbocycles. The molecule has 1 saturated heterocycles. The highest BCUT2D eigenvalue weighted by atomic mass is 16.5. The predicted molar refractivity (Wildman–Crippen MR) is 86.1 cm³/mol. The van der Waals surface area contributed by atoms with Gasteiger partial charge in [-0.1, -0.05) is 0 Å². The molecule has 0 radical (unpaired) electrons. The molecule has 2 aromatic heterocycles. The number of rotatable bonds is 6. The largest absolute Gasteiger partial charge is 0.366 e. The third kappa shape index (κ3) is 4.25. The van der Waals surface area contributed by atoms with Crippen LogP contribution in [0.2, 0.25) is 0 Å². The van der Waals surface area contributed by atoms with Gasteiger partial charge >= 0.3 is 0 Å². The van der Waals surface area contributed by atoms with Crippen molar-refractivity contribution in [2.75, 3.05) is 31.6 Å². The lowest BCUT2D eigenvalue weighted by molar-refractivity contribution is -0.139. The Bertz CT molecular complexity index is 661. The SMILES string of the molecule is Cc1nc([C@@H]2CN(C(=O)CCCNc3ncccn3)CCO2)n[nH]1. The van der Waals surface area contributed by atoms with E-state index in [0.717, 1.165) is 12.2 Å². The zero-order chi connectivity index (χ0) is 16.8. The highest BCUT2D eigenvalue weighted by molar-refractivity contribution is 5.76. The summed E-state index contributed by atoms with van der Waals surface area (Å²) in [6.45, 7) is 4.09. The molecule has 1 amide bonds. The molecule has 1 atom stereocenters. The molecule has 0 spiro atoms. The van der Waals surface area contributed by atoms with Gasteiger partial charge in [0.1, 0.15) is 11.9 Å². The van der Waals surface area contributed by atoms with Gasteiger partial charge in [-0.15, -0.1) is 0 Å². The summed E-state index contributed by atoms with van der Waals surface area (Å²) >= 11 is 0. The molecule has 9 heteroatoms. The molecule has 0 bridgehead atoms. The van der Waals surface area contributed by atoms with Crippen LogP contribution in [0.15, 0.2) is 18.5 Å². The standard InChI is InChI=1S/C15H21N7O2/c1-11-19-14(21-20-11)12-10-22(8-9-24-12)13(23)4-2-5-16-15-17-6-3-7-18-15/h3,6-7,12H,2,4-5,8-10H2,1H3,(H,16,17,18)(H,19,20,21)/t12-/m0/s1. The summed E-state index contributed by atoms with van der Waals surface area (Å²) in [4.78, 5) is 26.6. The molecule has 128 valence electrons. The molecule has 1 aliphatic rings. The number of ether oxygens (including phenoxy) is 1. The molecular weight excluding hydrogens is 310 g/mol. The molecule has 9 nitrogen and oxygen atoms in total. The monoisotopic (exact) mass is 331 g/mol. The van der Waals surface area contributed by atoms with Crippen LogP contribution in [0, 0.1) is 6.92 Å². The summed E-state index contributed by atoms with van der Waals surface area (Å²) in [5.41, 5.74) is 0. The average molecular weight is 331 g/mol. The van der Waals surface area contributed by atoms with Crippen LogP contribution in [0.3, 0.4) is 0 Å². The number of aromatic amines is 1. The van der Waals surface area contributed by atoms with Crippen molar-refractivity contribution in [3.05, 3.63) is 30.1 Å². The summed E-state index contributed by atoms with van der Waals surface area (Å²) in [6, 6.07) is 1.76. The summed E-state index contributed by atoms with van der Waals surface area (Å²) in [6.07, 6.45) is 4.29. The number of hydrogen-bond donors (Lipinski definition) is 2. The molecule has 2 aromatic rings. The normalized spacial score (nSPS) is 17.7. The first kappa shape index (κ1) is 16.3. The van der Waals surface area contributed by atoms with Crippen LogP contribution in [0.1, 0.15) is 30.6 Å². The zero-order valence-electron chi connectivity index (χ0n) is 13.6. The number of anilines is 1. The zero-order valence-corrected chi connectivity index (χ0v) is 13.6. The smallest absolute Gasteiger partial charge is 0.222 e. The summed E-state index contributed by atoms with van der Waals surface area (Å²) in [5, 5.41) is 10.0. The van der Waals surface area contributed by atoms with Crippen molar-refractivity contribution in [1.29, 1.82) is 0 Å². The molecule has 24 heavy (non-hydrogen) atoms. The number of carbonyl (C=O) groups is 1. The van der Waals surface area contributed by atoms with Crippen molar-refractivity contribution in [3.8, 4) is 0 Å². The number of H-pyrrole nitrogens is 1. The molecule has 1 aliphatic heterocycles. The highest BCUT2D eigenvalue weighted by Crippen LogP contribution is 2.19. The number of nitrogens with zero attached hydrogens (tertiary/aromatic N) is 5. The fourth-order valence-electron chi connectivity index (χ4n) is 2.52. The van der Waals surface area contributed by atoms with Crippen molar-refractivity contribution in [3.63, 3.8) is 0 Å². The van der Waals surface area contributed by atoms with Crippen molar-refractivity contribution in [2.45, 2.75) is 25.9 Å². The lowest BCUT2D eigenvalue weighted by atomic mass is 10.2. The second-order valence-corrected chi connectivity index (χ2v) is 5.58. The van der Waals surface area contributed by atoms with Gasteiger partial charge in [0.15, 0.2) is 5.82 Å². The van der Waals surface area contributed by atoms with Gasteiger partial charge in [-0.2, -0.15) is 5.10 Å². The van der Waals surface area contributed by atoms with Crippen LogP contribution >= 0.6 is 0 Å². The van der Waals surface area contributed by atoms with Gasteiger partial charge in [-0.3, -0.25) is 9.89 Å². The van der Waals surface area contributed by atoms with Crippen LogP contribution in [-0.4, -0.2) is 62.2 Å². The van der Waals surface area contributed by atoms with Crippen molar-refractivity contribution < 1.29 is 9.53 Å². The van der Waals surface area contributed by atoms with E-state index in [4.69, 9.17) is 4.74 Å². The predicted octanol–water partition coefficient (Wildman–Crippen LogP) is 0.695. The molecule has 3 rings (SSSR count). The Morgan fingerprint density at radius 1 is 1.46 bits per heavy atom.